The van der Waals surface area contributed by atoms with Gasteiger partial charge in [-0.2, -0.15) is 0 Å². The van der Waals surface area contributed by atoms with Crippen LogP contribution in [0, 0.1) is 5.41 Å². The third-order valence-electron chi connectivity index (χ3n) is 9.00. The molecule has 0 N–H and O–H groups in total. The van der Waals surface area contributed by atoms with E-state index in [-0.39, 0.29) is 5.41 Å². The Morgan fingerprint density at radius 1 is 0.724 bits per heavy atom. The molecule has 0 aliphatic heterocycles. The van der Waals surface area contributed by atoms with E-state index in [1.54, 1.807) is 5.56 Å². The second-order valence-corrected chi connectivity index (χ2v) is 12.8. The Morgan fingerprint density at radius 3 is 1.66 bits per heavy atom. The van der Waals surface area contributed by atoms with E-state index in [4.69, 9.17) is 0 Å². The fourth-order valence-corrected chi connectivity index (χ4v) is 6.57. The van der Waals surface area contributed by atoms with Crippen LogP contribution in [0.15, 0.2) is 24.3 Å². The molecule has 0 unspecified atom stereocenters. The summed E-state index contributed by atoms with van der Waals surface area (Å²) in [6.45, 7) is 14.4. The van der Waals surface area contributed by atoms with Gasteiger partial charge in [-0.3, -0.25) is 0 Å². The monoisotopic (exact) mass is 398 g/mol. The zero-order valence-electron chi connectivity index (χ0n) is 20.8. The fourth-order valence-electron chi connectivity index (χ4n) is 6.57. The first kappa shape index (κ1) is 22.9. The van der Waals surface area contributed by atoms with Crippen LogP contribution in [-0.2, 0) is 10.8 Å². The summed E-state index contributed by atoms with van der Waals surface area (Å²) in [7, 11) is 5.09. The lowest BCUT2D eigenvalue weighted by Crippen LogP contribution is -2.59. The molecule has 1 nitrogen and oxygen atoms in total. The van der Waals surface area contributed by atoms with Crippen molar-refractivity contribution in [1.29, 1.82) is 0 Å². The van der Waals surface area contributed by atoms with Crippen LogP contribution in [0.3, 0.4) is 0 Å². The highest BCUT2D eigenvalue weighted by Crippen LogP contribution is 2.53. The summed E-state index contributed by atoms with van der Waals surface area (Å²) in [6, 6.07) is 11.5. The van der Waals surface area contributed by atoms with Gasteiger partial charge in [0.1, 0.15) is 0 Å². The van der Waals surface area contributed by atoms with Crippen LogP contribution in [0.25, 0.3) is 0 Å². The van der Waals surface area contributed by atoms with E-state index in [0.717, 1.165) is 12.1 Å². The van der Waals surface area contributed by atoms with Crippen molar-refractivity contribution in [2.45, 2.75) is 122 Å². The Morgan fingerprint density at radius 2 is 1.21 bits per heavy atom. The summed E-state index contributed by atoms with van der Waals surface area (Å²) in [4.78, 5) is 0. The van der Waals surface area contributed by atoms with Crippen molar-refractivity contribution in [1.82, 2.24) is 0 Å². The van der Waals surface area contributed by atoms with Crippen molar-refractivity contribution >= 4 is 0 Å². The molecule has 2 fully saturated rings. The van der Waals surface area contributed by atoms with Gasteiger partial charge < -0.3 is 4.48 Å². The maximum absolute atomic E-state index is 2.54. The molecule has 0 amide bonds. The normalized spacial score (nSPS) is 27.8. The zero-order valence-corrected chi connectivity index (χ0v) is 20.8. The highest BCUT2D eigenvalue weighted by molar-refractivity contribution is 5.34. The second-order valence-electron chi connectivity index (χ2n) is 12.8. The average molecular weight is 399 g/mol. The first-order chi connectivity index (χ1) is 13.4. The number of benzene rings is 1. The van der Waals surface area contributed by atoms with Crippen molar-refractivity contribution in [3.63, 3.8) is 0 Å². The van der Waals surface area contributed by atoms with Crippen LogP contribution < -0.4 is 0 Å². The summed E-state index contributed by atoms with van der Waals surface area (Å²) in [6.07, 6.45) is 12.7. The molecule has 3 rings (SSSR count). The molecule has 0 saturated heterocycles. The fraction of sp³-hybridized carbons (Fsp3) is 0.786. The molecule has 2 aliphatic rings. The molecule has 2 saturated carbocycles. The second kappa shape index (κ2) is 8.03. The van der Waals surface area contributed by atoms with E-state index in [0.29, 0.717) is 10.8 Å². The minimum atomic E-state index is 0.229. The van der Waals surface area contributed by atoms with Crippen molar-refractivity contribution in [2.75, 3.05) is 14.1 Å². The molecule has 0 spiro atoms. The highest BCUT2D eigenvalue weighted by Gasteiger charge is 2.49. The standard InChI is InChI=1S/C28H48N/c1-26(2,3)22-14-16-23(17-15-22)28(27(4,5)6)20-18-25(19-21-28)29(7,8)24-12-10-9-11-13-24/h14-17,24-25H,9-13,18-21H2,1-8H3/q+1. The van der Waals surface area contributed by atoms with Gasteiger partial charge >= 0.3 is 0 Å². The third-order valence-corrected chi connectivity index (χ3v) is 9.00. The van der Waals surface area contributed by atoms with E-state index in [2.05, 4.69) is 79.9 Å². The van der Waals surface area contributed by atoms with Gasteiger partial charge in [-0.25, -0.2) is 0 Å². The molecule has 0 bridgehead atoms. The van der Waals surface area contributed by atoms with Crippen LogP contribution in [-0.4, -0.2) is 30.7 Å². The molecule has 0 heterocycles. The Bertz CT molecular complexity index is 654. The molecular weight excluding hydrogens is 350 g/mol. The van der Waals surface area contributed by atoms with Crippen molar-refractivity contribution in [2.24, 2.45) is 5.41 Å². The topological polar surface area (TPSA) is 0 Å². The Labute approximate surface area is 181 Å². The Hall–Kier alpha value is -0.820. The summed E-state index contributed by atoms with van der Waals surface area (Å²) in [5.41, 5.74) is 3.87. The van der Waals surface area contributed by atoms with Gasteiger partial charge in [0.25, 0.3) is 0 Å². The largest absolute Gasteiger partial charge is 0.324 e. The summed E-state index contributed by atoms with van der Waals surface area (Å²) >= 11 is 0. The van der Waals surface area contributed by atoms with Crippen molar-refractivity contribution < 1.29 is 4.48 Å². The number of hydrogen-bond acceptors (Lipinski definition) is 0. The smallest absolute Gasteiger partial charge is 0.0888 e. The van der Waals surface area contributed by atoms with Gasteiger partial charge in [0.05, 0.1) is 26.2 Å². The maximum Gasteiger partial charge on any atom is 0.0888 e. The van der Waals surface area contributed by atoms with Crippen LogP contribution in [0.1, 0.15) is 110 Å². The van der Waals surface area contributed by atoms with Crippen LogP contribution in [0.5, 0.6) is 0 Å². The van der Waals surface area contributed by atoms with E-state index >= 15 is 0 Å². The predicted octanol–water partition coefficient (Wildman–Crippen LogP) is 7.62. The first-order valence-electron chi connectivity index (χ1n) is 12.3. The Kier molecular flexibility index (Phi) is 6.32. The van der Waals surface area contributed by atoms with E-state index < -0.39 is 0 Å². The predicted molar refractivity (Wildman–Crippen MR) is 128 cm³/mol. The summed E-state index contributed by atoms with van der Waals surface area (Å²) < 4.78 is 1.27. The molecule has 0 radical (unpaired) electrons. The molecular formula is C28H48N+. The van der Waals surface area contributed by atoms with Crippen LogP contribution >= 0.6 is 0 Å². The van der Waals surface area contributed by atoms with Crippen LogP contribution in [0.4, 0.5) is 0 Å². The van der Waals surface area contributed by atoms with Gasteiger partial charge in [-0.15, -0.1) is 0 Å². The lowest BCUT2D eigenvalue weighted by molar-refractivity contribution is -0.941. The number of quaternary nitrogens is 1. The van der Waals surface area contributed by atoms with Gasteiger partial charge in [-0.05, 0) is 60.5 Å². The lowest BCUT2D eigenvalue weighted by Gasteiger charge is -2.54. The minimum Gasteiger partial charge on any atom is -0.324 e. The SMILES string of the molecule is CC(C)(C)c1ccc(C2(C(C)(C)C)CCC([N+](C)(C)C3CCCCC3)CC2)cc1. The van der Waals surface area contributed by atoms with Gasteiger partial charge in [0.2, 0.25) is 0 Å². The third kappa shape index (κ3) is 4.46. The van der Waals surface area contributed by atoms with Gasteiger partial charge in [0.15, 0.2) is 0 Å². The molecule has 1 aromatic carbocycles. The minimum absolute atomic E-state index is 0.229. The molecule has 2 aliphatic carbocycles. The highest BCUT2D eigenvalue weighted by atomic mass is 15.4. The zero-order chi connectivity index (χ0) is 21.5. The summed E-state index contributed by atoms with van der Waals surface area (Å²) in [5, 5.41) is 0. The molecule has 164 valence electrons. The molecule has 29 heavy (non-hydrogen) atoms. The number of hydrogen-bond donors (Lipinski definition) is 0. The quantitative estimate of drug-likeness (QED) is 0.459. The van der Waals surface area contributed by atoms with E-state index in [9.17, 15) is 0 Å². The molecule has 1 heteroatoms. The first-order valence-corrected chi connectivity index (χ1v) is 12.3. The summed E-state index contributed by atoms with van der Waals surface area (Å²) in [5.74, 6) is 0. The van der Waals surface area contributed by atoms with Crippen molar-refractivity contribution in [3.05, 3.63) is 35.4 Å². The van der Waals surface area contributed by atoms with E-state index in [1.807, 2.05) is 0 Å². The molecule has 0 aromatic heterocycles. The maximum atomic E-state index is 2.54. The van der Waals surface area contributed by atoms with E-state index in [1.165, 1.54) is 67.8 Å². The molecule has 1 aromatic rings. The van der Waals surface area contributed by atoms with Crippen LogP contribution in [0.2, 0.25) is 0 Å². The number of nitrogens with zero attached hydrogens (tertiary/aromatic N) is 1. The van der Waals surface area contributed by atoms with Crippen molar-refractivity contribution in [3.8, 4) is 0 Å². The molecule has 0 atom stereocenters. The number of rotatable bonds is 3. The Balaban J connectivity index is 1.81. The van der Waals surface area contributed by atoms with Gasteiger partial charge in [0, 0.05) is 18.3 Å². The van der Waals surface area contributed by atoms with Gasteiger partial charge in [-0.1, -0.05) is 72.2 Å². The lowest BCUT2D eigenvalue weighted by atomic mass is 9.55. The average Bonchev–Trinajstić information content (AvgIpc) is 2.67.